The summed E-state index contributed by atoms with van der Waals surface area (Å²) < 4.78 is 7.21. The lowest BCUT2D eigenvalue weighted by atomic mass is 10.0. The van der Waals surface area contributed by atoms with Gasteiger partial charge in [0.15, 0.2) is 5.65 Å². The number of amides is 2. The maximum Gasteiger partial charge on any atom is 0.323 e. The average molecular weight is 693 g/mol. The summed E-state index contributed by atoms with van der Waals surface area (Å²) in [6.07, 6.45) is 15.6. The molecule has 0 bridgehead atoms. The Hall–Kier alpha value is -4.66. The van der Waals surface area contributed by atoms with E-state index in [1.54, 1.807) is 24.7 Å². The first-order valence-corrected chi connectivity index (χ1v) is 17.4. The Morgan fingerprint density at radius 2 is 1.82 bits per heavy atom. The number of aryl methyl sites for hydroxylation is 2. The number of unbranched alkanes of at least 4 members (excludes halogenated alkanes) is 3. The van der Waals surface area contributed by atoms with Crippen LogP contribution in [0.25, 0.3) is 17.2 Å². The normalized spacial score (nSPS) is 12.1. The van der Waals surface area contributed by atoms with Crippen molar-refractivity contribution >= 4 is 23.1 Å². The van der Waals surface area contributed by atoms with Gasteiger partial charge in [0.2, 0.25) is 11.7 Å². The summed E-state index contributed by atoms with van der Waals surface area (Å²) >= 11 is 0. The summed E-state index contributed by atoms with van der Waals surface area (Å²) in [5, 5.41) is 36.3. The molecule has 0 saturated heterocycles. The van der Waals surface area contributed by atoms with E-state index in [1.165, 1.54) is 12.8 Å². The van der Waals surface area contributed by atoms with Gasteiger partial charge in [-0.3, -0.25) is 4.98 Å². The lowest BCUT2D eigenvalue weighted by Crippen LogP contribution is -2.23. The maximum atomic E-state index is 12.9. The number of likely N-dealkylation sites (N-methyl/N-ethyl adjacent to an activating group) is 1. The van der Waals surface area contributed by atoms with E-state index >= 15 is 0 Å². The van der Waals surface area contributed by atoms with E-state index < -0.39 is 0 Å². The minimum Gasteiger partial charge on any atom is -0.400 e. The molecule has 0 aromatic carbocycles. The summed E-state index contributed by atoms with van der Waals surface area (Å²) in [7, 11) is 2.92. The Kier molecular flexibility index (Phi) is 19.6. The molecular formula is C36H56N10O4. The van der Waals surface area contributed by atoms with Crippen molar-refractivity contribution in [2.45, 2.75) is 84.5 Å². The molecule has 5 rings (SSSR count). The zero-order chi connectivity index (χ0) is 36.7. The molecule has 0 radical (unpaired) electrons. The SMILES string of the molecule is C=CC(=C)NCCNC.CC.CO.Cc1cc(NC(=O)Nc2cnc3ccnn3c2C2CCCC2)cnc1-c1noc(CCCCCCO)n1. The number of pyridine rings is 1. The molecular weight excluding hydrogens is 636 g/mol. The first kappa shape index (κ1) is 41.5. The topological polar surface area (TPSA) is 188 Å². The van der Waals surface area contributed by atoms with Crippen LogP contribution in [0.4, 0.5) is 16.2 Å². The van der Waals surface area contributed by atoms with Crippen LogP contribution < -0.4 is 21.3 Å². The molecule has 0 aliphatic heterocycles. The van der Waals surface area contributed by atoms with Gasteiger partial charge in [-0.1, -0.05) is 57.8 Å². The third kappa shape index (κ3) is 13.0. The Bertz CT molecular complexity index is 1580. The van der Waals surface area contributed by atoms with Gasteiger partial charge < -0.3 is 36.0 Å². The van der Waals surface area contributed by atoms with Crippen LogP contribution >= 0.6 is 0 Å². The minimum absolute atomic E-state index is 0.224. The number of aliphatic hydroxyl groups excluding tert-OH is 2. The Labute approximate surface area is 295 Å². The second-order valence-corrected chi connectivity index (χ2v) is 11.3. The zero-order valence-corrected chi connectivity index (χ0v) is 30.3. The molecule has 2 amide bonds. The van der Waals surface area contributed by atoms with Crippen LogP contribution in [0.3, 0.4) is 0 Å². The number of carbonyl (C=O) groups is 1. The Morgan fingerprint density at radius 1 is 1.08 bits per heavy atom. The van der Waals surface area contributed by atoms with Gasteiger partial charge in [-0.05, 0) is 57.4 Å². The molecule has 0 unspecified atom stereocenters. The van der Waals surface area contributed by atoms with Crippen molar-refractivity contribution in [1.82, 2.24) is 40.4 Å². The monoisotopic (exact) mass is 692 g/mol. The number of urea groups is 1. The molecule has 1 aliphatic carbocycles. The van der Waals surface area contributed by atoms with Gasteiger partial charge >= 0.3 is 6.03 Å². The van der Waals surface area contributed by atoms with E-state index in [9.17, 15) is 4.79 Å². The predicted molar refractivity (Wildman–Crippen MR) is 199 cm³/mol. The summed E-state index contributed by atoms with van der Waals surface area (Å²) in [6.45, 7) is 15.2. The molecule has 6 N–H and O–H groups in total. The highest BCUT2D eigenvalue weighted by Crippen LogP contribution is 2.37. The standard InChI is InChI=1S/C26H32N8O3.C7H14N2.C2H6.CH4O/c1-17-14-19(15-28-23(17)25-32-22(37-33-25)10-4-2-3-7-13-35)30-26(36)31-20-16-27-21-11-12-29-34(21)24(20)18-8-5-6-9-18;1-4-7(2)9-6-5-8-3;2*1-2/h11-12,14-16,18,35H,2-10,13H2,1H3,(H2,30,31,36);4,8-9H,1-2,5-6H2,3H3;1-2H3;2H,1H3. The second-order valence-electron chi connectivity index (χ2n) is 11.3. The third-order valence-electron chi connectivity index (χ3n) is 7.73. The second kappa shape index (κ2) is 23.7. The van der Waals surface area contributed by atoms with Crippen LogP contribution in [0.5, 0.6) is 0 Å². The smallest absolute Gasteiger partial charge is 0.323 e. The van der Waals surface area contributed by atoms with Gasteiger partial charge in [-0.25, -0.2) is 14.3 Å². The van der Waals surface area contributed by atoms with E-state index in [-0.39, 0.29) is 12.6 Å². The van der Waals surface area contributed by atoms with Crippen molar-refractivity contribution in [3.8, 4) is 11.5 Å². The van der Waals surface area contributed by atoms with Gasteiger partial charge in [0.25, 0.3) is 0 Å². The fourth-order valence-electron chi connectivity index (χ4n) is 5.36. The number of aromatic nitrogens is 6. The predicted octanol–water partition coefficient (Wildman–Crippen LogP) is 6.01. The van der Waals surface area contributed by atoms with Crippen LogP contribution in [-0.2, 0) is 6.42 Å². The van der Waals surface area contributed by atoms with Crippen molar-refractivity contribution in [2.24, 2.45) is 0 Å². The number of nitrogens with one attached hydrogen (secondary N) is 4. The fraction of sp³-hybridized carbons (Fsp3) is 0.500. The number of rotatable bonds is 15. The molecule has 1 saturated carbocycles. The van der Waals surface area contributed by atoms with Gasteiger partial charge in [-0.15, -0.1) is 0 Å². The van der Waals surface area contributed by atoms with Crippen LogP contribution in [0.15, 0.2) is 60.2 Å². The van der Waals surface area contributed by atoms with Crippen LogP contribution in [0.2, 0.25) is 0 Å². The fourth-order valence-corrected chi connectivity index (χ4v) is 5.36. The van der Waals surface area contributed by atoms with Crippen molar-refractivity contribution in [3.63, 3.8) is 0 Å². The van der Waals surface area contributed by atoms with E-state index in [1.807, 2.05) is 44.5 Å². The number of anilines is 2. The number of fused-ring (bicyclic) bond motifs is 1. The van der Waals surface area contributed by atoms with E-state index in [2.05, 4.69) is 59.6 Å². The number of carbonyl (C=O) groups excluding carboxylic acids is 1. The van der Waals surface area contributed by atoms with Gasteiger partial charge in [0, 0.05) is 50.9 Å². The number of aliphatic hydroxyl groups is 2. The summed E-state index contributed by atoms with van der Waals surface area (Å²) in [6, 6.07) is 3.33. The third-order valence-corrected chi connectivity index (χ3v) is 7.73. The van der Waals surface area contributed by atoms with Gasteiger partial charge in [-0.2, -0.15) is 10.1 Å². The first-order valence-electron chi connectivity index (χ1n) is 17.4. The summed E-state index contributed by atoms with van der Waals surface area (Å²) in [5.74, 6) is 1.34. The number of hydrogen-bond donors (Lipinski definition) is 6. The molecule has 50 heavy (non-hydrogen) atoms. The number of nitrogens with zero attached hydrogens (tertiary/aromatic N) is 6. The van der Waals surface area contributed by atoms with Crippen molar-refractivity contribution < 1.29 is 19.5 Å². The molecule has 4 aromatic heterocycles. The Morgan fingerprint density at radius 3 is 2.50 bits per heavy atom. The number of allylic oxidation sites excluding steroid dienone is 1. The summed E-state index contributed by atoms with van der Waals surface area (Å²) in [4.78, 5) is 26.3. The Balaban J connectivity index is 0.000000576. The zero-order valence-electron chi connectivity index (χ0n) is 30.3. The highest BCUT2D eigenvalue weighted by atomic mass is 16.5. The molecule has 0 atom stereocenters. The van der Waals surface area contributed by atoms with Crippen molar-refractivity contribution in [3.05, 3.63) is 72.8 Å². The molecule has 4 aromatic rings. The van der Waals surface area contributed by atoms with Crippen molar-refractivity contribution in [2.75, 3.05) is 44.5 Å². The first-order chi connectivity index (χ1) is 24.4. The molecule has 1 fully saturated rings. The molecule has 14 nitrogen and oxygen atoms in total. The molecule has 1 aliphatic rings. The molecule has 4 heterocycles. The van der Waals surface area contributed by atoms with Gasteiger partial charge in [0.1, 0.15) is 5.69 Å². The highest BCUT2D eigenvalue weighted by Gasteiger charge is 2.25. The van der Waals surface area contributed by atoms with E-state index in [0.29, 0.717) is 41.1 Å². The van der Waals surface area contributed by atoms with Crippen LogP contribution in [-0.4, -0.2) is 79.8 Å². The largest absolute Gasteiger partial charge is 0.400 e. The molecule has 0 spiro atoms. The number of hydrogen-bond acceptors (Lipinski definition) is 11. The average Bonchev–Trinajstić information content (AvgIpc) is 3.94. The quantitative estimate of drug-likeness (QED) is 0.0633. The van der Waals surface area contributed by atoms with Crippen LogP contribution in [0, 0.1) is 6.92 Å². The lowest BCUT2D eigenvalue weighted by Gasteiger charge is -2.17. The van der Waals surface area contributed by atoms with Gasteiger partial charge in [0.05, 0.1) is 35.7 Å². The highest BCUT2D eigenvalue weighted by molar-refractivity contribution is 6.00. The lowest BCUT2D eigenvalue weighted by molar-refractivity contribution is 0.262. The molecule has 274 valence electrons. The van der Waals surface area contributed by atoms with Crippen molar-refractivity contribution in [1.29, 1.82) is 0 Å². The van der Waals surface area contributed by atoms with E-state index in [0.717, 1.165) is 81.3 Å². The maximum absolute atomic E-state index is 12.9. The minimum atomic E-state index is -0.371. The summed E-state index contributed by atoms with van der Waals surface area (Å²) in [5.41, 5.74) is 5.30. The van der Waals surface area contributed by atoms with E-state index in [4.69, 9.17) is 14.7 Å². The van der Waals surface area contributed by atoms with Crippen LogP contribution in [0.1, 0.15) is 88.3 Å². The molecule has 14 heteroatoms.